The van der Waals surface area contributed by atoms with Crippen molar-refractivity contribution in [3.63, 3.8) is 0 Å². The minimum Gasteiger partial charge on any atom is -0.361 e. The first-order valence-electron chi connectivity index (χ1n) is 6.22. The van der Waals surface area contributed by atoms with Crippen LogP contribution in [0.1, 0.15) is 37.2 Å². The Bertz CT molecular complexity index is 384. The molecule has 1 aliphatic carbocycles. The van der Waals surface area contributed by atoms with Gasteiger partial charge >= 0.3 is 0 Å². The minimum absolute atomic E-state index is 0.0986. The van der Waals surface area contributed by atoms with Crippen LogP contribution in [0, 0.1) is 0 Å². The van der Waals surface area contributed by atoms with E-state index in [1.54, 1.807) is 0 Å². The largest absolute Gasteiger partial charge is 0.361 e. The molecule has 1 saturated heterocycles. The van der Waals surface area contributed by atoms with Gasteiger partial charge in [-0.2, -0.15) is 0 Å². The van der Waals surface area contributed by atoms with Crippen molar-refractivity contribution >= 4 is 0 Å². The molecule has 1 aromatic carbocycles. The van der Waals surface area contributed by atoms with E-state index in [1.807, 2.05) is 6.08 Å². The third kappa shape index (κ3) is 1.42. The number of hydrogen-bond donors (Lipinski definition) is 0. The molecule has 0 amide bonds. The van der Waals surface area contributed by atoms with Crippen LogP contribution in [0.2, 0.25) is 0 Å². The molecule has 84 valence electrons. The zero-order chi connectivity index (χ0) is 11.0. The second kappa shape index (κ2) is 3.74. The lowest BCUT2D eigenvalue weighted by molar-refractivity contribution is 0.205. The summed E-state index contributed by atoms with van der Waals surface area (Å²) in [5.74, 6) is 0.574. The Morgan fingerprint density at radius 3 is 2.75 bits per heavy atom. The minimum atomic E-state index is 0.0986. The molecule has 1 aliphatic heterocycles. The van der Waals surface area contributed by atoms with Crippen LogP contribution in [-0.2, 0) is 4.74 Å². The number of rotatable bonds is 2. The maximum Gasteiger partial charge on any atom is 0.106 e. The summed E-state index contributed by atoms with van der Waals surface area (Å²) in [6, 6.07) is 10.8. The molecular weight excluding hydrogens is 196 g/mol. The predicted octanol–water partition coefficient (Wildman–Crippen LogP) is 3.67. The molecule has 1 aromatic rings. The van der Waals surface area contributed by atoms with Gasteiger partial charge in [-0.1, -0.05) is 49.2 Å². The average molecular weight is 214 g/mol. The Morgan fingerprint density at radius 1 is 1.25 bits per heavy atom. The van der Waals surface area contributed by atoms with E-state index in [4.69, 9.17) is 4.74 Å². The molecule has 0 bridgehead atoms. The van der Waals surface area contributed by atoms with Crippen LogP contribution < -0.4 is 0 Å². The van der Waals surface area contributed by atoms with E-state index in [-0.39, 0.29) is 11.7 Å². The molecule has 3 rings (SSSR count). The number of benzene rings is 1. The van der Waals surface area contributed by atoms with Crippen LogP contribution in [-0.4, -0.2) is 11.7 Å². The lowest BCUT2D eigenvalue weighted by Crippen LogP contribution is -2.28. The Kier molecular flexibility index (Phi) is 2.36. The molecular formula is C15H18O. The van der Waals surface area contributed by atoms with Crippen molar-refractivity contribution in [3.8, 4) is 0 Å². The Balaban J connectivity index is 1.91. The van der Waals surface area contributed by atoms with Crippen LogP contribution in [0.25, 0.3) is 0 Å². The van der Waals surface area contributed by atoms with Crippen molar-refractivity contribution in [2.75, 3.05) is 0 Å². The zero-order valence-corrected chi connectivity index (χ0v) is 9.56. The highest BCUT2D eigenvalue weighted by atomic mass is 16.6. The Labute approximate surface area is 97.1 Å². The van der Waals surface area contributed by atoms with Gasteiger partial charge in [0.05, 0.1) is 0 Å². The van der Waals surface area contributed by atoms with Gasteiger partial charge in [0.2, 0.25) is 0 Å². The number of hydrogen-bond acceptors (Lipinski definition) is 1. The Hall–Kier alpha value is -1.08. The summed E-state index contributed by atoms with van der Waals surface area (Å²) < 4.78 is 5.94. The van der Waals surface area contributed by atoms with Gasteiger partial charge in [0.1, 0.15) is 11.7 Å². The highest BCUT2D eigenvalue weighted by Crippen LogP contribution is 2.56. The van der Waals surface area contributed by atoms with Gasteiger partial charge in [0, 0.05) is 5.92 Å². The molecule has 16 heavy (non-hydrogen) atoms. The highest BCUT2D eigenvalue weighted by Gasteiger charge is 2.60. The van der Waals surface area contributed by atoms with Gasteiger partial charge in [0.15, 0.2) is 0 Å². The van der Waals surface area contributed by atoms with E-state index < -0.39 is 0 Å². The molecule has 0 N–H and O–H groups in total. The molecule has 3 unspecified atom stereocenters. The normalized spacial score (nSPS) is 37.2. The standard InChI is InChI=1S/C15H18O/c1-2-14-15(16-14)11-7-6-10-13(15)12-8-4-3-5-9-12/h2-5,8-9,13-14H,1,6-7,10-11H2. The molecule has 1 spiro atoms. The summed E-state index contributed by atoms with van der Waals surface area (Å²) >= 11 is 0. The molecule has 0 radical (unpaired) electrons. The summed E-state index contributed by atoms with van der Waals surface area (Å²) in [7, 11) is 0. The molecule has 3 atom stereocenters. The maximum absolute atomic E-state index is 5.94. The van der Waals surface area contributed by atoms with Gasteiger partial charge in [-0.3, -0.25) is 0 Å². The van der Waals surface area contributed by atoms with E-state index in [1.165, 1.54) is 31.2 Å². The average Bonchev–Trinajstić information content (AvgIpc) is 3.05. The maximum atomic E-state index is 5.94. The monoisotopic (exact) mass is 214 g/mol. The van der Waals surface area contributed by atoms with Crippen LogP contribution in [0.4, 0.5) is 0 Å². The molecule has 2 fully saturated rings. The van der Waals surface area contributed by atoms with Gasteiger partial charge in [-0.25, -0.2) is 0 Å². The molecule has 1 heterocycles. The quantitative estimate of drug-likeness (QED) is 0.540. The van der Waals surface area contributed by atoms with Gasteiger partial charge in [0.25, 0.3) is 0 Å². The summed E-state index contributed by atoms with van der Waals surface area (Å²) in [4.78, 5) is 0. The van der Waals surface area contributed by atoms with Crippen molar-refractivity contribution in [1.82, 2.24) is 0 Å². The van der Waals surface area contributed by atoms with Gasteiger partial charge in [-0.15, -0.1) is 6.58 Å². The van der Waals surface area contributed by atoms with E-state index >= 15 is 0 Å². The van der Waals surface area contributed by atoms with E-state index in [2.05, 4.69) is 36.9 Å². The fourth-order valence-electron chi connectivity index (χ4n) is 3.23. The smallest absolute Gasteiger partial charge is 0.106 e. The molecule has 1 saturated carbocycles. The number of ether oxygens (including phenoxy) is 1. The second-order valence-electron chi connectivity index (χ2n) is 4.94. The third-order valence-corrected chi connectivity index (χ3v) is 4.09. The highest BCUT2D eigenvalue weighted by molar-refractivity contribution is 5.30. The lowest BCUT2D eigenvalue weighted by Gasteiger charge is -2.29. The molecule has 0 aromatic heterocycles. The second-order valence-corrected chi connectivity index (χ2v) is 4.94. The molecule has 1 heteroatoms. The number of epoxide rings is 1. The van der Waals surface area contributed by atoms with Crippen LogP contribution >= 0.6 is 0 Å². The van der Waals surface area contributed by atoms with Crippen LogP contribution in [0.15, 0.2) is 43.0 Å². The predicted molar refractivity (Wildman–Crippen MR) is 65.5 cm³/mol. The first-order chi connectivity index (χ1) is 7.87. The van der Waals surface area contributed by atoms with Crippen molar-refractivity contribution in [1.29, 1.82) is 0 Å². The summed E-state index contributed by atoms with van der Waals surface area (Å²) in [5.41, 5.74) is 1.54. The molecule has 2 aliphatic rings. The SMILES string of the molecule is C=CC1OC12CCCCC2c1ccccc1. The van der Waals surface area contributed by atoms with Crippen LogP contribution in [0.5, 0.6) is 0 Å². The van der Waals surface area contributed by atoms with Crippen molar-refractivity contribution in [2.45, 2.75) is 43.3 Å². The van der Waals surface area contributed by atoms with Crippen LogP contribution in [0.3, 0.4) is 0 Å². The third-order valence-electron chi connectivity index (χ3n) is 4.09. The van der Waals surface area contributed by atoms with E-state index in [0.29, 0.717) is 5.92 Å². The fraction of sp³-hybridized carbons (Fsp3) is 0.467. The summed E-state index contributed by atoms with van der Waals surface area (Å²) in [6.07, 6.45) is 7.35. The first-order valence-corrected chi connectivity index (χ1v) is 6.22. The van der Waals surface area contributed by atoms with Crippen molar-refractivity contribution in [2.24, 2.45) is 0 Å². The zero-order valence-electron chi connectivity index (χ0n) is 9.56. The van der Waals surface area contributed by atoms with E-state index in [0.717, 1.165) is 0 Å². The lowest BCUT2D eigenvalue weighted by atomic mass is 9.73. The molecule has 1 nitrogen and oxygen atoms in total. The summed E-state index contributed by atoms with van der Waals surface area (Å²) in [6.45, 7) is 3.88. The van der Waals surface area contributed by atoms with Gasteiger partial charge < -0.3 is 4.74 Å². The van der Waals surface area contributed by atoms with Crippen molar-refractivity contribution < 1.29 is 4.74 Å². The van der Waals surface area contributed by atoms with E-state index in [9.17, 15) is 0 Å². The topological polar surface area (TPSA) is 12.5 Å². The van der Waals surface area contributed by atoms with Gasteiger partial charge in [-0.05, 0) is 18.4 Å². The Morgan fingerprint density at radius 2 is 2.06 bits per heavy atom. The van der Waals surface area contributed by atoms with Crippen molar-refractivity contribution in [3.05, 3.63) is 48.6 Å². The summed E-state index contributed by atoms with van der Waals surface area (Å²) in [5, 5.41) is 0. The fourth-order valence-corrected chi connectivity index (χ4v) is 3.23. The first kappa shape index (κ1) is 10.1.